The minimum Gasteiger partial charge on any atom is -0.495 e. The summed E-state index contributed by atoms with van der Waals surface area (Å²) in [4.78, 5) is 70.4. The number of benzene rings is 1. The van der Waals surface area contributed by atoms with Gasteiger partial charge in [-0.2, -0.15) is 0 Å². The van der Waals surface area contributed by atoms with Crippen LogP contribution in [0.1, 0.15) is 92.1 Å². The zero-order valence-corrected chi connectivity index (χ0v) is 42.8. The summed E-state index contributed by atoms with van der Waals surface area (Å²) in [5, 5.41) is 17.7. The number of hydrogen-bond acceptors (Lipinski definition) is 13. The quantitative estimate of drug-likeness (QED) is 0.0529. The van der Waals surface area contributed by atoms with Gasteiger partial charge in [-0.25, -0.2) is 9.59 Å². The lowest BCUT2D eigenvalue weighted by Gasteiger charge is -2.42. The standard InChI is InChI=1S/C49H69ClN4O11S2/c1-28-12-11-13-38(62-10)49(60)27-37(63-46(59)52-49)29(2)44-48(6,65-44)39(26-42(57)54(8)35-23-32(20-28)24-36(61-9)43(35)50)64-45(58)30(3)53(7)41(56)16-17-47(4,5)67-66-19-18-51-40(55)25-34-22-31-14-15-33(34)21-31/h11-15,23-24,29-31,33-34,37-39,44,60H,16-22,25-27H2,1-10H3,(H,51,55)(H,52,59)/b13-11+,28-12+/t29-,30+,31?,33?,34?,37+,38-,39+,44+,48+,49+/m1/s1. The molecule has 2 aliphatic carbocycles. The molecular weight excluding hydrogens is 920 g/mol. The van der Waals surface area contributed by atoms with Crippen LogP contribution < -0.4 is 20.3 Å². The SMILES string of the molecule is COc1cc2cc(c1Cl)N(C)C(=O)C[C@H](OC(=O)[C@H](C)N(C)C(=O)CCC(C)(C)SSCCNC(=O)CC1CC3C=CC1C3)[C@]1(C)O[C@H]1[C@H](C)[C@@H]1C[C@@](O)(NC(=O)O1)[C@H](OC)/C=C/C=C(\C)C2. The van der Waals surface area contributed by atoms with E-state index < -0.39 is 65.7 Å². The van der Waals surface area contributed by atoms with Gasteiger partial charge < -0.3 is 43.9 Å². The molecule has 2 saturated heterocycles. The number of rotatable bonds is 15. The fourth-order valence-electron chi connectivity index (χ4n) is 9.72. The molecular formula is C49H69ClN4O11S2. The van der Waals surface area contributed by atoms with Crippen LogP contribution in [0.15, 0.2) is 48.1 Å². The van der Waals surface area contributed by atoms with Gasteiger partial charge in [-0.15, -0.1) is 0 Å². The van der Waals surface area contributed by atoms with Crippen LogP contribution in [0.3, 0.4) is 0 Å². The van der Waals surface area contributed by atoms with Gasteiger partial charge in [0.25, 0.3) is 0 Å². The molecule has 3 heterocycles. The highest BCUT2D eigenvalue weighted by Gasteiger charge is 2.64. The van der Waals surface area contributed by atoms with Crippen molar-refractivity contribution in [2.45, 2.75) is 139 Å². The predicted octanol–water partition coefficient (Wildman–Crippen LogP) is 7.17. The number of fused-ring (bicyclic) bond motifs is 7. The summed E-state index contributed by atoms with van der Waals surface area (Å²) in [5.41, 5.74) is -0.980. The number of carbonyl (C=O) groups is 5. The van der Waals surface area contributed by atoms with Crippen molar-refractivity contribution in [3.8, 4) is 5.75 Å². The van der Waals surface area contributed by atoms with E-state index in [1.165, 1.54) is 30.4 Å². The van der Waals surface area contributed by atoms with Gasteiger partial charge in [0.2, 0.25) is 17.7 Å². The maximum atomic E-state index is 14.3. The Labute approximate surface area is 408 Å². The number of ether oxygens (including phenoxy) is 5. The number of alkyl carbamates (subject to hydrolysis) is 1. The minimum absolute atomic E-state index is 0.0624. The third-order valence-corrected chi connectivity index (χ3v) is 17.9. The van der Waals surface area contributed by atoms with Crippen molar-refractivity contribution < 1.29 is 52.8 Å². The van der Waals surface area contributed by atoms with Crippen molar-refractivity contribution in [3.63, 3.8) is 0 Å². The third kappa shape index (κ3) is 12.7. The molecule has 4 amide bonds. The summed E-state index contributed by atoms with van der Waals surface area (Å²) in [5.74, 6) is 0.871. The van der Waals surface area contributed by atoms with Crippen LogP contribution in [0.4, 0.5) is 10.5 Å². The number of esters is 1. The molecule has 5 aliphatic rings. The Hall–Kier alpha value is -3.74. The molecule has 67 heavy (non-hydrogen) atoms. The molecule has 0 aromatic heterocycles. The topological polar surface area (TPSA) is 186 Å². The smallest absolute Gasteiger partial charge is 0.409 e. The van der Waals surface area contributed by atoms with Crippen molar-refractivity contribution in [2.24, 2.45) is 23.7 Å². The summed E-state index contributed by atoms with van der Waals surface area (Å²) in [6, 6.07) is 2.57. The zero-order chi connectivity index (χ0) is 49.0. The van der Waals surface area contributed by atoms with E-state index in [9.17, 15) is 29.1 Å². The molecule has 0 spiro atoms. The summed E-state index contributed by atoms with van der Waals surface area (Å²) >= 11 is 6.83. The number of allylic oxidation sites excluding steroid dienone is 5. The van der Waals surface area contributed by atoms with Crippen LogP contribution in [0, 0.1) is 23.7 Å². The molecule has 11 atom stereocenters. The van der Waals surface area contributed by atoms with Gasteiger partial charge in [0.15, 0.2) is 5.72 Å². The van der Waals surface area contributed by atoms with Crippen LogP contribution in [0.25, 0.3) is 0 Å². The summed E-state index contributed by atoms with van der Waals surface area (Å²) in [7, 11) is 9.38. The van der Waals surface area contributed by atoms with Crippen molar-refractivity contribution in [1.29, 1.82) is 0 Å². The number of nitrogens with one attached hydrogen (secondary N) is 2. The summed E-state index contributed by atoms with van der Waals surface area (Å²) < 4.78 is 29.3. The van der Waals surface area contributed by atoms with Gasteiger partial charge in [-0.3, -0.25) is 19.7 Å². The maximum Gasteiger partial charge on any atom is 0.409 e. The number of epoxide rings is 1. The zero-order valence-electron chi connectivity index (χ0n) is 40.4. The molecule has 15 nitrogen and oxygen atoms in total. The molecule has 6 rings (SSSR count). The Morgan fingerprint density at radius 3 is 2.58 bits per heavy atom. The number of nitrogens with zero attached hydrogens (tertiary/aromatic N) is 2. The Balaban J connectivity index is 1.12. The lowest BCUT2D eigenvalue weighted by atomic mass is 9.83. The average Bonchev–Trinajstić information content (AvgIpc) is 3.54. The predicted molar refractivity (Wildman–Crippen MR) is 261 cm³/mol. The average molecular weight is 990 g/mol. The van der Waals surface area contributed by atoms with Crippen LogP contribution in [0.2, 0.25) is 5.02 Å². The Bertz CT molecular complexity index is 2120. The minimum atomic E-state index is -1.84. The number of carbonyl (C=O) groups excluding carboxylic acids is 5. The Kier molecular flexibility index (Phi) is 17.2. The van der Waals surface area contributed by atoms with E-state index in [4.69, 9.17) is 35.3 Å². The molecule has 3 N–H and O–H groups in total. The van der Waals surface area contributed by atoms with Gasteiger partial charge in [-0.05, 0) is 95.8 Å². The second-order valence-corrected chi connectivity index (χ2v) is 23.2. The van der Waals surface area contributed by atoms with Crippen molar-refractivity contribution in [1.82, 2.24) is 15.5 Å². The van der Waals surface area contributed by atoms with E-state index >= 15 is 0 Å². The first kappa shape index (κ1) is 52.6. The summed E-state index contributed by atoms with van der Waals surface area (Å²) in [6.07, 6.45) is 8.96. The number of halogens is 1. The molecule has 370 valence electrons. The highest BCUT2D eigenvalue weighted by atomic mass is 35.5. The van der Waals surface area contributed by atoms with Crippen molar-refractivity contribution in [3.05, 3.63) is 58.7 Å². The largest absolute Gasteiger partial charge is 0.495 e. The lowest BCUT2D eigenvalue weighted by molar-refractivity contribution is -0.162. The van der Waals surface area contributed by atoms with E-state index in [0.717, 1.165) is 23.3 Å². The lowest BCUT2D eigenvalue weighted by Crippen LogP contribution is -2.63. The highest BCUT2D eigenvalue weighted by Crippen LogP contribution is 2.50. The van der Waals surface area contributed by atoms with Crippen LogP contribution >= 0.6 is 33.2 Å². The van der Waals surface area contributed by atoms with Gasteiger partial charge in [-0.1, -0.05) is 76.1 Å². The first-order valence-electron chi connectivity index (χ1n) is 23.2. The van der Waals surface area contributed by atoms with E-state index in [1.807, 2.05) is 13.0 Å². The van der Waals surface area contributed by atoms with Gasteiger partial charge >= 0.3 is 12.1 Å². The first-order chi connectivity index (χ1) is 31.6. The van der Waals surface area contributed by atoms with Gasteiger partial charge in [0.05, 0.1) is 25.3 Å². The second kappa shape index (κ2) is 21.9. The first-order valence-corrected chi connectivity index (χ1v) is 25.9. The fraction of sp³-hybridized carbons (Fsp3) is 0.653. The molecule has 1 aromatic carbocycles. The van der Waals surface area contributed by atoms with E-state index in [2.05, 4.69) is 36.6 Å². The van der Waals surface area contributed by atoms with Crippen molar-refractivity contribution >= 4 is 68.7 Å². The van der Waals surface area contributed by atoms with Gasteiger partial charge in [0, 0.05) is 63.4 Å². The molecule has 3 fully saturated rings. The van der Waals surface area contributed by atoms with E-state index in [1.54, 1.807) is 80.7 Å². The number of hydrogen-bond donors (Lipinski definition) is 3. The van der Waals surface area contributed by atoms with Gasteiger partial charge in [0.1, 0.15) is 40.7 Å². The normalized spacial score (nSPS) is 32.2. The molecule has 0 radical (unpaired) electrons. The number of amides is 4. The second-order valence-electron chi connectivity index (χ2n) is 19.7. The maximum absolute atomic E-state index is 14.3. The number of aliphatic hydroxyl groups is 1. The molecule has 18 heteroatoms. The number of anilines is 1. The van der Waals surface area contributed by atoms with E-state index in [-0.39, 0.29) is 40.8 Å². The molecule has 3 aliphatic heterocycles. The fourth-order valence-corrected chi connectivity index (χ4v) is 12.5. The Morgan fingerprint density at radius 1 is 1.16 bits per heavy atom. The number of likely N-dealkylation sites (N-methyl/N-ethyl adjacent to an activating group) is 1. The monoisotopic (exact) mass is 988 g/mol. The molecule has 3 unspecified atom stereocenters. The Morgan fingerprint density at radius 2 is 1.91 bits per heavy atom. The summed E-state index contributed by atoms with van der Waals surface area (Å²) in [6.45, 7) is 11.7. The highest BCUT2D eigenvalue weighted by molar-refractivity contribution is 8.77. The van der Waals surface area contributed by atoms with Crippen LogP contribution in [0.5, 0.6) is 5.75 Å². The molecule has 6 bridgehead atoms. The van der Waals surface area contributed by atoms with Crippen LogP contribution in [-0.2, 0) is 44.5 Å². The number of methoxy groups -OCH3 is 2. The van der Waals surface area contributed by atoms with Crippen molar-refractivity contribution in [2.75, 3.05) is 45.5 Å². The van der Waals surface area contributed by atoms with Crippen LogP contribution in [-0.4, -0.2) is 127 Å². The molecule has 1 saturated carbocycles. The third-order valence-electron chi connectivity index (χ3n) is 14.1. The molecule has 1 aromatic rings. The van der Waals surface area contributed by atoms with E-state index in [0.29, 0.717) is 55.0 Å².